The zero-order chi connectivity index (χ0) is 14.9. The van der Waals surface area contributed by atoms with Crippen LogP contribution in [0.4, 0.5) is 11.4 Å². The molecule has 4 nitrogen and oxygen atoms in total. The Hall–Kier alpha value is -1.71. The summed E-state index contributed by atoms with van der Waals surface area (Å²) in [5.74, 6) is 0.609. The Labute approximate surface area is 121 Å². The molecule has 2 N–H and O–H groups in total. The number of nitrogens with zero attached hydrogens (tertiary/aromatic N) is 2. The van der Waals surface area contributed by atoms with Gasteiger partial charge >= 0.3 is 0 Å². The van der Waals surface area contributed by atoms with E-state index in [0.29, 0.717) is 23.2 Å². The van der Waals surface area contributed by atoms with Gasteiger partial charge in [-0.3, -0.25) is 4.79 Å². The van der Waals surface area contributed by atoms with Crippen LogP contribution in [0.2, 0.25) is 0 Å². The summed E-state index contributed by atoms with van der Waals surface area (Å²) in [5, 5.41) is 0. The maximum absolute atomic E-state index is 12.7. The molecule has 0 radical (unpaired) electrons. The van der Waals surface area contributed by atoms with Crippen molar-refractivity contribution in [2.75, 3.05) is 31.3 Å². The Morgan fingerprint density at radius 3 is 2.65 bits per heavy atom. The van der Waals surface area contributed by atoms with Crippen LogP contribution in [0, 0.1) is 5.92 Å². The van der Waals surface area contributed by atoms with E-state index in [1.165, 1.54) is 0 Å². The molecule has 0 spiro atoms. The highest BCUT2D eigenvalue weighted by Crippen LogP contribution is 2.28. The fourth-order valence-corrected chi connectivity index (χ4v) is 3.00. The van der Waals surface area contributed by atoms with Crippen molar-refractivity contribution >= 4 is 17.3 Å². The predicted molar refractivity (Wildman–Crippen MR) is 84.1 cm³/mol. The van der Waals surface area contributed by atoms with Crippen molar-refractivity contribution in [1.82, 2.24) is 4.90 Å². The molecule has 0 aromatic heterocycles. The number of rotatable bonds is 3. The number of anilines is 2. The third-order valence-electron chi connectivity index (χ3n) is 4.09. The molecule has 1 saturated heterocycles. The van der Waals surface area contributed by atoms with E-state index in [1.807, 2.05) is 36.0 Å². The molecule has 1 atom stereocenters. The second kappa shape index (κ2) is 5.73. The van der Waals surface area contributed by atoms with E-state index in [9.17, 15) is 4.79 Å². The van der Waals surface area contributed by atoms with Gasteiger partial charge in [0.25, 0.3) is 5.91 Å². The molecular formula is C16H25N3O. The molecule has 1 fully saturated rings. The molecule has 1 amide bonds. The van der Waals surface area contributed by atoms with Gasteiger partial charge in [0.05, 0.1) is 11.4 Å². The van der Waals surface area contributed by atoms with Crippen molar-refractivity contribution in [3.63, 3.8) is 0 Å². The molecule has 1 aromatic rings. The van der Waals surface area contributed by atoms with Crippen LogP contribution in [0.3, 0.4) is 0 Å². The molecule has 1 heterocycles. The van der Waals surface area contributed by atoms with Crippen LogP contribution in [0.15, 0.2) is 18.2 Å². The highest BCUT2D eigenvalue weighted by molar-refractivity contribution is 5.96. The molecule has 110 valence electrons. The third kappa shape index (κ3) is 2.74. The number of carbonyl (C=O) groups excluding carboxylic acids is 1. The maximum Gasteiger partial charge on any atom is 0.254 e. The fourth-order valence-electron chi connectivity index (χ4n) is 3.00. The van der Waals surface area contributed by atoms with Gasteiger partial charge in [-0.15, -0.1) is 0 Å². The van der Waals surface area contributed by atoms with Crippen molar-refractivity contribution in [2.45, 2.75) is 32.7 Å². The minimum absolute atomic E-state index is 0.109. The highest BCUT2D eigenvalue weighted by Gasteiger charge is 2.31. The molecule has 1 aliphatic heterocycles. The number of benzene rings is 1. The summed E-state index contributed by atoms with van der Waals surface area (Å²) in [4.78, 5) is 16.6. The standard InChI is InChI=1S/C16H25N3O/c1-11(2)14-6-5-9-19(14)16(20)12-7-8-15(18(3)4)13(17)10-12/h7-8,10-11,14H,5-6,9,17H2,1-4H3. The molecule has 4 heteroatoms. The Kier molecular flexibility index (Phi) is 4.21. The van der Waals surface area contributed by atoms with Crippen molar-refractivity contribution in [2.24, 2.45) is 5.92 Å². The lowest BCUT2D eigenvalue weighted by Gasteiger charge is -2.28. The summed E-state index contributed by atoms with van der Waals surface area (Å²) in [5.41, 5.74) is 8.34. The van der Waals surface area contributed by atoms with E-state index in [4.69, 9.17) is 5.73 Å². The van der Waals surface area contributed by atoms with Gasteiger partial charge in [-0.2, -0.15) is 0 Å². The Balaban J connectivity index is 2.23. The third-order valence-corrected chi connectivity index (χ3v) is 4.09. The lowest BCUT2D eigenvalue weighted by molar-refractivity contribution is 0.0701. The van der Waals surface area contributed by atoms with Crippen LogP contribution in [-0.4, -0.2) is 37.5 Å². The predicted octanol–water partition coefficient (Wildman–Crippen LogP) is 2.60. The largest absolute Gasteiger partial charge is 0.397 e. The minimum Gasteiger partial charge on any atom is -0.397 e. The molecule has 2 rings (SSSR count). The van der Waals surface area contributed by atoms with E-state index < -0.39 is 0 Å². The van der Waals surface area contributed by atoms with Crippen LogP contribution < -0.4 is 10.6 Å². The molecule has 0 saturated carbocycles. The normalized spacial score (nSPS) is 18.6. The van der Waals surface area contributed by atoms with Gasteiger partial charge in [0.1, 0.15) is 0 Å². The number of carbonyl (C=O) groups is 1. The first-order chi connectivity index (χ1) is 9.41. The van der Waals surface area contributed by atoms with Gasteiger partial charge in [-0.1, -0.05) is 13.8 Å². The molecular weight excluding hydrogens is 250 g/mol. The number of amides is 1. The van der Waals surface area contributed by atoms with Crippen LogP contribution >= 0.6 is 0 Å². The van der Waals surface area contributed by atoms with Gasteiger partial charge in [-0.25, -0.2) is 0 Å². The van der Waals surface area contributed by atoms with Crippen molar-refractivity contribution in [3.8, 4) is 0 Å². The highest BCUT2D eigenvalue weighted by atomic mass is 16.2. The average molecular weight is 275 g/mol. The number of nitrogen functional groups attached to an aromatic ring is 1. The van der Waals surface area contributed by atoms with Crippen molar-refractivity contribution < 1.29 is 4.79 Å². The number of nitrogens with two attached hydrogens (primary N) is 1. The second-order valence-electron chi connectivity index (χ2n) is 6.12. The summed E-state index contributed by atoms with van der Waals surface area (Å²) in [6, 6.07) is 5.96. The quantitative estimate of drug-likeness (QED) is 0.863. The van der Waals surface area contributed by atoms with Gasteiger partial charge in [0.2, 0.25) is 0 Å². The van der Waals surface area contributed by atoms with E-state index in [-0.39, 0.29) is 5.91 Å². The van der Waals surface area contributed by atoms with Crippen molar-refractivity contribution in [1.29, 1.82) is 0 Å². The Morgan fingerprint density at radius 2 is 2.10 bits per heavy atom. The summed E-state index contributed by atoms with van der Waals surface area (Å²) < 4.78 is 0. The van der Waals surface area contributed by atoms with Gasteiger partial charge in [0.15, 0.2) is 0 Å². The van der Waals surface area contributed by atoms with Gasteiger partial charge in [0, 0.05) is 32.2 Å². The number of likely N-dealkylation sites (tertiary alicyclic amines) is 1. The lowest BCUT2D eigenvalue weighted by atomic mass is 10.0. The average Bonchev–Trinajstić information content (AvgIpc) is 2.86. The van der Waals surface area contributed by atoms with E-state index in [2.05, 4.69) is 13.8 Å². The molecule has 0 bridgehead atoms. The topological polar surface area (TPSA) is 49.6 Å². The Bertz CT molecular complexity index is 496. The zero-order valence-electron chi connectivity index (χ0n) is 12.9. The first kappa shape index (κ1) is 14.7. The summed E-state index contributed by atoms with van der Waals surface area (Å²) in [6.45, 7) is 5.22. The lowest BCUT2D eigenvalue weighted by Crippen LogP contribution is -2.38. The van der Waals surface area contributed by atoms with E-state index in [0.717, 1.165) is 25.1 Å². The van der Waals surface area contributed by atoms with E-state index in [1.54, 1.807) is 6.07 Å². The monoisotopic (exact) mass is 275 g/mol. The van der Waals surface area contributed by atoms with Crippen LogP contribution in [0.25, 0.3) is 0 Å². The minimum atomic E-state index is 0.109. The molecule has 1 aliphatic rings. The van der Waals surface area contributed by atoms with Crippen molar-refractivity contribution in [3.05, 3.63) is 23.8 Å². The number of hydrogen-bond acceptors (Lipinski definition) is 3. The second-order valence-corrected chi connectivity index (χ2v) is 6.12. The molecule has 1 unspecified atom stereocenters. The fraction of sp³-hybridized carbons (Fsp3) is 0.562. The van der Waals surface area contributed by atoms with E-state index >= 15 is 0 Å². The maximum atomic E-state index is 12.7. The zero-order valence-corrected chi connectivity index (χ0v) is 12.9. The van der Waals surface area contributed by atoms with Crippen LogP contribution in [-0.2, 0) is 0 Å². The summed E-state index contributed by atoms with van der Waals surface area (Å²) in [6.07, 6.45) is 2.20. The smallest absolute Gasteiger partial charge is 0.254 e. The molecule has 0 aliphatic carbocycles. The molecule has 20 heavy (non-hydrogen) atoms. The first-order valence-corrected chi connectivity index (χ1v) is 7.29. The Morgan fingerprint density at radius 1 is 1.40 bits per heavy atom. The SMILES string of the molecule is CC(C)C1CCCN1C(=O)c1ccc(N(C)C)c(N)c1. The number of hydrogen-bond donors (Lipinski definition) is 1. The van der Waals surface area contributed by atoms with Crippen LogP contribution in [0.5, 0.6) is 0 Å². The van der Waals surface area contributed by atoms with Crippen LogP contribution in [0.1, 0.15) is 37.0 Å². The van der Waals surface area contributed by atoms with Gasteiger partial charge in [-0.05, 0) is 37.0 Å². The summed E-state index contributed by atoms with van der Waals surface area (Å²) in [7, 11) is 3.89. The first-order valence-electron chi connectivity index (χ1n) is 7.29. The summed E-state index contributed by atoms with van der Waals surface area (Å²) >= 11 is 0. The van der Waals surface area contributed by atoms with Gasteiger partial charge < -0.3 is 15.5 Å². The molecule has 1 aromatic carbocycles.